The molecule has 8 heteroatoms. The smallest absolute Gasteiger partial charge is 0.412 e. The number of nitrogens with zero attached hydrogens (tertiary/aromatic N) is 2. The predicted octanol–water partition coefficient (Wildman–Crippen LogP) is 6.05. The Morgan fingerprint density at radius 2 is 1.62 bits per heavy atom. The van der Waals surface area contributed by atoms with E-state index in [-0.39, 0.29) is 11.9 Å². The summed E-state index contributed by atoms with van der Waals surface area (Å²) >= 11 is 0. The zero-order valence-electron chi connectivity index (χ0n) is 24.1. The van der Waals surface area contributed by atoms with Crippen molar-refractivity contribution in [3.63, 3.8) is 0 Å². The van der Waals surface area contributed by atoms with Crippen molar-refractivity contribution in [3.05, 3.63) is 65.7 Å². The van der Waals surface area contributed by atoms with Gasteiger partial charge in [-0.1, -0.05) is 48.9 Å². The van der Waals surface area contributed by atoms with Crippen molar-refractivity contribution in [1.82, 2.24) is 9.80 Å². The molecule has 8 nitrogen and oxygen atoms in total. The summed E-state index contributed by atoms with van der Waals surface area (Å²) < 4.78 is 10.8. The molecule has 2 aromatic carbocycles. The first-order valence-electron chi connectivity index (χ1n) is 14.4. The van der Waals surface area contributed by atoms with E-state index in [0.29, 0.717) is 50.2 Å². The van der Waals surface area contributed by atoms with Gasteiger partial charge < -0.3 is 14.4 Å². The highest BCUT2D eigenvalue weighted by atomic mass is 16.6. The predicted molar refractivity (Wildman–Crippen MR) is 155 cm³/mol. The molecular formula is C32H43N3O5. The van der Waals surface area contributed by atoms with E-state index in [1.807, 2.05) is 63.2 Å². The molecule has 0 spiro atoms. The van der Waals surface area contributed by atoms with Gasteiger partial charge in [0.1, 0.15) is 18.0 Å². The maximum Gasteiger partial charge on any atom is 0.412 e. The van der Waals surface area contributed by atoms with E-state index in [4.69, 9.17) is 9.47 Å². The second-order valence-corrected chi connectivity index (χ2v) is 12.0. The number of ether oxygens (including phenoxy) is 2. The number of amides is 2. The molecule has 0 radical (unpaired) electrons. The Balaban J connectivity index is 1.17. The quantitative estimate of drug-likeness (QED) is 0.431. The fraction of sp³-hybridized carbons (Fsp3) is 0.531. The first kappa shape index (κ1) is 29.6. The lowest BCUT2D eigenvalue weighted by Crippen LogP contribution is -2.61. The maximum atomic E-state index is 12.9. The van der Waals surface area contributed by atoms with E-state index >= 15 is 0 Å². The van der Waals surface area contributed by atoms with Crippen LogP contribution in [0.25, 0.3) is 0 Å². The van der Waals surface area contributed by atoms with Crippen molar-refractivity contribution in [1.29, 1.82) is 0 Å². The third-order valence-corrected chi connectivity index (χ3v) is 7.49. The molecule has 2 aliphatic heterocycles. The molecular weight excluding hydrogens is 506 g/mol. The highest BCUT2D eigenvalue weighted by molar-refractivity contribution is 5.85. The minimum Gasteiger partial charge on any atom is -0.445 e. The third-order valence-electron chi connectivity index (χ3n) is 7.49. The number of anilines is 1. The number of carbonyl (C=O) groups is 3. The lowest BCUT2D eigenvalue weighted by Gasteiger charge is -2.45. The Bertz CT molecular complexity index is 1120. The monoisotopic (exact) mass is 549 g/mol. The second kappa shape index (κ2) is 13.8. The molecule has 216 valence electrons. The van der Waals surface area contributed by atoms with Crippen LogP contribution >= 0.6 is 0 Å². The van der Waals surface area contributed by atoms with Gasteiger partial charge >= 0.3 is 12.2 Å². The zero-order valence-corrected chi connectivity index (χ0v) is 24.1. The van der Waals surface area contributed by atoms with Crippen LogP contribution in [-0.2, 0) is 27.3 Å². The minimum absolute atomic E-state index is 0.246. The van der Waals surface area contributed by atoms with E-state index in [1.165, 1.54) is 0 Å². The maximum absolute atomic E-state index is 12.9. The molecule has 40 heavy (non-hydrogen) atoms. The molecule has 4 rings (SSSR count). The summed E-state index contributed by atoms with van der Waals surface area (Å²) in [6, 6.07) is 17.5. The zero-order chi connectivity index (χ0) is 28.5. The van der Waals surface area contributed by atoms with Crippen LogP contribution in [0.15, 0.2) is 54.6 Å². The van der Waals surface area contributed by atoms with Crippen LogP contribution < -0.4 is 5.32 Å². The summed E-state index contributed by atoms with van der Waals surface area (Å²) in [5.41, 5.74) is 2.02. The first-order chi connectivity index (χ1) is 19.1. The minimum atomic E-state index is -0.556. The molecule has 2 aliphatic rings. The topological polar surface area (TPSA) is 88.2 Å². The number of nitrogens with one attached hydrogen (secondary N) is 1. The van der Waals surface area contributed by atoms with Gasteiger partial charge in [0.05, 0.1) is 0 Å². The fourth-order valence-corrected chi connectivity index (χ4v) is 5.32. The summed E-state index contributed by atoms with van der Waals surface area (Å²) in [6.07, 6.45) is 4.57. The summed E-state index contributed by atoms with van der Waals surface area (Å²) in [5.74, 6) is 0.636. The van der Waals surface area contributed by atoms with E-state index in [9.17, 15) is 14.4 Å². The van der Waals surface area contributed by atoms with Gasteiger partial charge in [-0.15, -0.1) is 0 Å². The van der Waals surface area contributed by atoms with Crippen molar-refractivity contribution in [2.45, 2.75) is 77.5 Å². The van der Waals surface area contributed by atoms with Gasteiger partial charge in [0.15, 0.2) is 0 Å². The highest BCUT2D eigenvalue weighted by Gasteiger charge is 2.36. The molecule has 1 atom stereocenters. The Morgan fingerprint density at radius 1 is 0.900 bits per heavy atom. The van der Waals surface area contributed by atoms with Crippen molar-refractivity contribution >= 4 is 23.7 Å². The van der Waals surface area contributed by atoms with Crippen molar-refractivity contribution < 1.29 is 23.9 Å². The first-order valence-corrected chi connectivity index (χ1v) is 14.4. The average Bonchev–Trinajstić information content (AvgIpc) is 2.85. The van der Waals surface area contributed by atoms with Gasteiger partial charge in [-0.05, 0) is 82.3 Å². The molecule has 2 fully saturated rings. The van der Waals surface area contributed by atoms with Gasteiger partial charge in [0, 0.05) is 37.7 Å². The van der Waals surface area contributed by atoms with E-state index in [2.05, 4.69) is 10.2 Å². The van der Waals surface area contributed by atoms with Crippen LogP contribution in [0.3, 0.4) is 0 Å². The summed E-state index contributed by atoms with van der Waals surface area (Å²) in [6.45, 7) is 9.18. The number of ketones is 1. The number of hydrogen-bond donors (Lipinski definition) is 1. The SMILES string of the molecule is CC(C)(C)OC(=O)Nc1ccc(CC(=O)CC2CCCCN(C3CN(C(=O)OCc4ccccc4)C3)CC2)cc1. The van der Waals surface area contributed by atoms with Crippen molar-refractivity contribution in [2.24, 2.45) is 5.92 Å². The van der Waals surface area contributed by atoms with Crippen LogP contribution in [-0.4, -0.2) is 65.6 Å². The molecule has 0 bridgehead atoms. The lowest BCUT2D eigenvalue weighted by molar-refractivity contribution is -0.119. The molecule has 2 aromatic rings. The van der Waals surface area contributed by atoms with Gasteiger partial charge in [0.2, 0.25) is 0 Å². The molecule has 2 heterocycles. The highest BCUT2D eigenvalue weighted by Crippen LogP contribution is 2.26. The third kappa shape index (κ3) is 9.37. The molecule has 0 saturated carbocycles. The number of likely N-dealkylation sites (tertiary alicyclic amines) is 2. The molecule has 0 aliphatic carbocycles. The lowest BCUT2D eigenvalue weighted by atomic mass is 9.89. The molecule has 2 saturated heterocycles. The normalized spacial score (nSPS) is 18.7. The summed E-state index contributed by atoms with van der Waals surface area (Å²) in [5, 5.41) is 2.72. The van der Waals surface area contributed by atoms with Crippen LogP contribution in [0.4, 0.5) is 15.3 Å². The number of benzene rings is 2. The van der Waals surface area contributed by atoms with Crippen LogP contribution in [0, 0.1) is 5.92 Å². The van der Waals surface area contributed by atoms with Gasteiger partial charge in [-0.3, -0.25) is 15.0 Å². The van der Waals surface area contributed by atoms with Crippen molar-refractivity contribution in [2.75, 3.05) is 31.5 Å². The summed E-state index contributed by atoms with van der Waals surface area (Å²) in [7, 11) is 0. The van der Waals surface area contributed by atoms with Crippen LogP contribution in [0.1, 0.15) is 64.0 Å². The van der Waals surface area contributed by atoms with E-state index < -0.39 is 11.7 Å². The summed E-state index contributed by atoms with van der Waals surface area (Å²) in [4.78, 5) is 41.5. The average molecular weight is 550 g/mol. The van der Waals surface area contributed by atoms with Gasteiger partial charge in [0.25, 0.3) is 0 Å². The Morgan fingerprint density at radius 3 is 2.33 bits per heavy atom. The Labute approximate surface area is 238 Å². The van der Waals surface area contributed by atoms with Crippen LogP contribution in [0.2, 0.25) is 0 Å². The van der Waals surface area contributed by atoms with E-state index in [1.54, 1.807) is 17.0 Å². The number of carbonyl (C=O) groups excluding carboxylic acids is 3. The molecule has 2 amide bonds. The Hall–Kier alpha value is -3.39. The number of hydrogen-bond acceptors (Lipinski definition) is 6. The van der Waals surface area contributed by atoms with Crippen LogP contribution in [0.5, 0.6) is 0 Å². The van der Waals surface area contributed by atoms with Gasteiger partial charge in [-0.2, -0.15) is 0 Å². The fourth-order valence-electron chi connectivity index (χ4n) is 5.32. The van der Waals surface area contributed by atoms with Gasteiger partial charge in [-0.25, -0.2) is 9.59 Å². The molecule has 1 N–H and O–H groups in total. The molecule has 1 unspecified atom stereocenters. The number of rotatable bonds is 8. The van der Waals surface area contributed by atoms with E-state index in [0.717, 1.165) is 49.9 Å². The largest absolute Gasteiger partial charge is 0.445 e. The standard InChI is InChI=1S/C32H43N3O5/c1-32(2,3)40-30(37)33-27-14-12-25(13-15-27)20-29(36)19-24-9-7-8-17-34(18-16-24)28-21-35(22-28)31(38)39-23-26-10-5-4-6-11-26/h4-6,10-15,24,28H,7-9,16-23H2,1-3H3,(H,33,37). The second-order valence-electron chi connectivity index (χ2n) is 12.0. The van der Waals surface area contributed by atoms with Crippen molar-refractivity contribution in [3.8, 4) is 0 Å². The Kier molecular flexibility index (Phi) is 10.2. The molecule has 0 aromatic heterocycles. The number of Topliss-reactive ketones (excluding diaryl/α,β-unsaturated/α-hetero) is 1.